The average Bonchev–Trinajstić information content (AvgIpc) is 3.35. The summed E-state index contributed by atoms with van der Waals surface area (Å²) in [5, 5.41) is 14.0. The van der Waals surface area contributed by atoms with Gasteiger partial charge in [-0.25, -0.2) is 14.3 Å². The van der Waals surface area contributed by atoms with Crippen molar-refractivity contribution in [3.05, 3.63) is 88.7 Å². The molecule has 0 saturated heterocycles. The molecule has 0 aliphatic heterocycles. The maximum absolute atomic E-state index is 12.5. The zero-order valence-electron chi connectivity index (χ0n) is 18.2. The molecular formula is C23H25N7O2. The normalized spacial score (nSPS) is 11.0. The van der Waals surface area contributed by atoms with Gasteiger partial charge in [-0.15, -0.1) is 0 Å². The summed E-state index contributed by atoms with van der Waals surface area (Å²) in [5.41, 5.74) is 3.34. The van der Waals surface area contributed by atoms with E-state index in [1.54, 1.807) is 48.3 Å². The van der Waals surface area contributed by atoms with Crippen LogP contribution >= 0.6 is 0 Å². The summed E-state index contributed by atoms with van der Waals surface area (Å²) in [6.07, 6.45) is 3.10. The van der Waals surface area contributed by atoms with Gasteiger partial charge in [-0.3, -0.25) is 9.88 Å². The van der Waals surface area contributed by atoms with Crippen LogP contribution < -0.4 is 16.3 Å². The Labute approximate surface area is 185 Å². The number of carbonyl (C=O) groups is 1. The second kappa shape index (κ2) is 8.93. The van der Waals surface area contributed by atoms with Gasteiger partial charge in [0.15, 0.2) is 0 Å². The van der Waals surface area contributed by atoms with Gasteiger partial charge < -0.3 is 5.32 Å². The summed E-state index contributed by atoms with van der Waals surface area (Å²) < 4.78 is 4.41. The monoisotopic (exact) mass is 431 g/mol. The quantitative estimate of drug-likeness (QED) is 0.487. The number of carbonyl (C=O) groups excluding carboxylic acids is 1. The van der Waals surface area contributed by atoms with Crippen molar-refractivity contribution < 1.29 is 4.79 Å². The Morgan fingerprint density at radius 2 is 1.69 bits per heavy atom. The van der Waals surface area contributed by atoms with E-state index in [9.17, 15) is 9.59 Å². The molecule has 2 aromatic carbocycles. The Morgan fingerprint density at radius 1 is 0.969 bits per heavy atom. The van der Waals surface area contributed by atoms with E-state index >= 15 is 0 Å². The number of aromatic nitrogens is 5. The molecule has 0 unspecified atom stereocenters. The number of benzene rings is 2. The van der Waals surface area contributed by atoms with Crippen molar-refractivity contribution >= 4 is 17.5 Å². The fourth-order valence-electron chi connectivity index (χ4n) is 3.26. The number of nitrogens with zero attached hydrogens (tertiary/aromatic N) is 5. The van der Waals surface area contributed by atoms with Crippen molar-refractivity contribution in [1.82, 2.24) is 24.1 Å². The van der Waals surface area contributed by atoms with Crippen molar-refractivity contribution in [3.8, 4) is 5.69 Å². The zero-order chi connectivity index (χ0) is 22.7. The lowest BCUT2D eigenvalue weighted by atomic mass is 10.0. The molecule has 9 nitrogen and oxygen atoms in total. The van der Waals surface area contributed by atoms with Crippen LogP contribution in [0.3, 0.4) is 0 Å². The van der Waals surface area contributed by atoms with E-state index in [-0.39, 0.29) is 11.7 Å². The minimum absolute atomic E-state index is 0.240. The number of hydrogen-bond acceptors (Lipinski definition) is 4. The van der Waals surface area contributed by atoms with Gasteiger partial charge in [0.2, 0.25) is 0 Å². The van der Waals surface area contributed by atoms with E-state index < -0.39 is 0 Å². The summed E-state index contributed by atoms with van der Waals surface area (Å²) in [6.45, 7) is 4.87. The van der Waals surface area contributed by atoms with Crippen molar-refractivity contribution in [1.29, 1.82) is 0 Å². The topological polar surface area (TPSA) is 98.8 Å². The highest BCUT2D eigenvalue weighted by atomic mass is 16.2. The lowest BCUT2D eigenvalue weighted by Crippen LogP contribution is -2.22. The van der Waals surface area contributed by atoms with Gasteiger partial charge in [-0.05, 0) is 41.3 Å². The highest BCUT2D eigenvalue weighted by Crippen LogP contribution is 2.17. The van der Waals surface area contributed by atoms with Gasteiger partial charge in [0.25, 0.3) is 0 Å². The number of urea groups is 1. The molecule has 9 heteroatoms. The zero-order valence-corrected chi connectivity index (χ0v) is 18.2. The van der Waals surface area contributed by atoms with Crippen LogP contribution in [0.25, 0.3) is 5.69 Å². The van der Waals surface area contributed by atoms with Gasteiger partial charge in [-0.1, -0.05) is 38.1 Å². The number of rotatable bonds is 6. The average molecular weight is 432 g/mol. The van der Waals surface area contributed by atoms with Gasteiger partial charge in [0.1, 0.15) is 12.1 Å². The Balaban J connectivity index is 1.39. The molecule has 4 rings (SSSR count). The number of anilines is 2. The number of aryl methyl sites for hydroxylation is 1. The van der Waals surface area contributed by atoms with E-state index in [0.29, 0.717) is 29.7 Å². The third-order valence-corrected chi connectivity index (χ3v) is 5.13. The molecule has 0 aliphatic rings. The van der Waals surface area contributed by atoms with Gasteiger partial charge >= 0.3 is 11.7 Å². The molecule has 0 spiro atoms. The van der Waals surface area contributed by atoms with E-state index in [1.807, 2.05) is 0 Å². The third kappa shape index (κ3) is 4.61. The van der Waals surface area contributed by atoms with E-state index in [0.717, 1.165) is 5.56 Å². The molecule has 0 bridgehead atoms. The van der Waals surface area contributed by atoms with Crippen LogP contribution in [0.4, 0.5) is 16.3 Å². The van der Waals surface area contributed by atoms with Crippen molar-refractivity contribution in [2.75, 3.05) is 10.6 Å². The maximum Gasteiger partial charge on any atom is 0.350 e. The minimum atomic E-state index is -0.385. The smallest absolute Gasteiger partial charge is 0.308 e. The molecule has 2 amide bonds. The molecule has 0 saturated carbocycles. The number of amides is 2. The Bertz CT molecular complexity index is 1260. The Hall–Kier alpha value is -4.14. The molecule has 164 valence electrons. The first-order chi connectivity index (χ1) is 15.4. The summed E-state index contributed by atoms with van der Waals surface area (Å²) in [4.78, 5) is 24.5. The Kier molecular flexibility index (Phi) is 5.89. The fourth-order valence-corrected chi connectivity index (χ4v) is 3.26. The first-order valence-electron chi connectivity index (χ1n) is 10.3. The number of nitrogens with one attached hydrogen (secondary N) is 2. The predicted octanol–water partition coefficient (Wildman–Crippen LogP) is 3.58. The van der Waals surface area contributed by atoms with Crippen molar-refractivity contribution in [2.24, 2.45) is 7.05 Å². The van der Waals surface area contributed by atoms with Crippen LogP contribution in [0.5, 0.6) is 0 Å². The van der Waals surface area contributed by atoms with Crippen LogP contribution in [-0.4, -0.2) is 30.2 Å². The lowest BCUT2D eigenvalue weighted by Gasteiger charge is -2.11. The lowest BCUT2D eigenvalue weighted by molar-refractivity contribution is 0.262. The summed E-state index contributed by atoms with van der Waals surface area (Å²) in [6, 6.07) is 16.6. The van der Waals surface area contributed by atoms with Gasteiger partial charge in [0.05, 0.1) is 18.4 Å². The predicted molar refractivity (Wildman–Crippen MR) is 123 cm³/mol. The second-order valence-corrected chi connectivity index (χ2v) is 7.83. The van der Waals surface area contributed by atoms with Gasteiger partial charge in [-0.2, -0.15) is 14.9 Å². The standard InChI is InChI=1S/C23H25N7O2/c1-16(2)18-6-4-17(5-7-18)14-29-21(12-13-24-29)27-22(31)26-19-8-10-20(11-9-19)30-23(32)28(3)15-25-30/h4-13,15-16H,14H2,1-3H3,(H2,26,27,31). The molecule has 0 aliphatic carbocycles. The van der Waals surface area contributed by atoms with Crippen LogP contribution in [0.1, 0.15) is 30.9 Å². The summed E-state index contributed by atoms with van der Waals surface area (Å²) >= 11 is 0. The molecule has 0 radical (unpaired) electrons. The van der Waals surface area contributed by atoms with Crippen LogP contribution in [0, 0.1) is 0 Å². The van der Waals surface area contributed by atoms with E-state index in [2.05, 4.69) is 58.9 Å². The molecule has 0 atom stereocenters. The summed E-state index contributed by atoms with van der Waals surface area (Å²) in [7, 11) is 1.64. The first kappa shape index (κ1) is 21.1. The fraction of sp³-hybridized carbons (Fsp3) is 0.217. The van der Waals surface area contributed by atoms with E-state index in [1.165, 1.54) is 21.1 Å². The molecule has 2 N–H and O–H groups in total. The molecule has 32 heavy (non-hydrogen) atoms. The Morgan fingerprint density at radius 3 is 2.31 bits per heavy atom. The highest BCUT2D eigenvalue weighted by molar-refractivity contribution is 5.99. The highest BCUT2D eigenvalue weighted by Gasteiger charge is 2.10. The third-order valence-electron chi connectivity index (χ3n) is 5.13. The largest absolute Gasteiger partial charge is 0.350 e. The molecule has 0 fully saturated rings. The van der Waals surface area contributed by atoms with Crippen LogP contribution in [0.2, 0.25) is 0 Å². The van der Waals surface area contributed by atoms with Gasteiger partial charge in [0, 0.05) is 18.8 Å². The first-order valence-corrected chi connectivity index (χ1v) is 10.3. The number of hydrogen-bond donors (Lipinski definition) is 2. The van der Waals surface area contributed by atoms with Crippen molar-refractivity contribution in [3.63, 3.8) is 0 Å². The second-order valence-electron chi connectivity index (χ2n) is 7.83. The molecule has 4 aromatic rings. The van der Waals surface area contributed by atoms with E-state index in [4.69, 9.17) is 0 Å². The molecule has 2 heterocycles. The van der Waals surface area contributed by atoms with Crippen LogP contribution in [0.15, 0.2) is 71.9 Å². The minimum Gasteiger partial charge on any atom is -0.308 e. The summed E-state index contributed by atoms with van der Waals surface area (Å²) in [5.74, 6) is 1.07. The van der Waals surface area contributed by atoms with Crippen LogP contribution in [-0.2, 0) is 13.6 Å². The SMILES string of the molecule is CC(C)c1ccc(Cn2nccc2NC(=O)Nc2ccc(-n3ncn(C)c3=O)cc2)cc1. The molecular weight excluding hydrogens is 406 g/mol. The van der Waals surface area contributed by atoms with Crippen molar-refractivity contribution in [2.45, 2.75) is 26.3 Å². The maximum atomic E-state index is 12.5. The molecule has 2 aromatic heterocycles.